The third kappa shape index (κ3) is 7.86. The Morgan fingerprint density at radius 1 is 0.902 bits per heavy atom. The summed E-state index contributed by atoms with van der Waals surface area (Å²) in [6.07, 6.45) is 3.03. The molecule has 0 radical (unpaired) electrons. The molecule has 3 aromatic rings. The van der Waals surface area contributed by atoms with Gasteiger partial charge in [0.2, 0.25) is 11.9 Å². The van der Waals surface area contributed by atoms with Crippen LogP contribution in [0.15, 0.2) is 67.0 Å². The predicted octanol–water partition coefficient (Wildman–Crippen LogP) is 3.14. The van der Waals surface area contributed by atoms with Crippen LogP contribution in [0.1, 0.15) is 48.3 Å². The average molecular weight is 562 g/mol. The van der Waals surface area contributed by atoms with Crippen LogP contribution >= 0.6 is 0 Å². The number of carbonyl (C=O) groups excluding carboxylic acids is 1. The number of aliphatic hydroxyl groups is 1. The van der Waals surface area contributed by atoms with E-state index in [0.29, 0.717) is 12.1 Å². The zero-order chi connectivity index (χ0) is 28.6. The lowest BCUT2D eigenvalue weighted by molar-refractivity contribution is -0.253. The van der Waals surface area contributed by atoms with E-state index >= 15 is 0 Å². The molecular weight excluding hydrogens is 526 g/mol. The minimum Gasteiger partial charge on any atom is -0.481 e. The Morgan fingerprint density at radius 3 is 2.24 bits per heavy atom. The van der Waals surface area contributed by atoms with Crippen LogP contribution in [0.25, 0.3) is 0 Å². The Kier molecular flexibility index (Phi) is 9.52. The molecule has 2 aliphatic rings. The lowest BCUT2D eigenvalue weighted by atomic mass is 9.99. The number of carbonyl (C=O) groups is 2. The van der Waals surface area contributed by atoms with Crippen LogP contribution < -0.4 is 10.2 Å². The summed E-state index contributed by atoms with van der Waals surface area (Å²) in [7, 11) is 0. The first-order valence-corrected chi connectivity index (χ1v) is 13.8. The molecule has 11 nitrogen and oxygen atoms in total. The Morgan fingerprint density at radius 2 is 1.59 bits per heavy atom. The van der Waals surface area contributed by atoms with E-state index in [2.05, 4.69) is 25.1 Å². The smallest absolute Gasteiger partial charge is 0.303 e. The monoisotopic (exact) mass is 561 g/mol. The van der Waals surface area contributed by atoms with E-state index in [4.69, 9.17) is 14.6 Å². The maximum absolute atomic E-state index is 12.0. The van der Waals surface area contributed by atoms with Crippen molar-refractivity contribution in [3.8, 4) is 0 Å². The number of nitrogens with one attached hydrogen (secondary N) is 1. The topological polar surface area (TPSA) is 137 Å². The van der Waals surface area contributed by atoms with Gasteiger partial charge in [0.15, 0.2) is 6.29 Å². The summed E-state index contributed by atoms with van der Waals surface area (Å²) in [5.41, 5.74) is 3.26. The van der Waals surface area contributed by atoms with Crippen LogP contribution in [0, 0.1) is 0 Å². The number of aromatic nitrogens is 2. The fourth-order valence-corrected chi connectivity index (χ4v) is 5.07. The second kappa shape index (κ2) is 13.6. The van der Waals surface area contributed by atoms with Crippen LogP contribution in [0.5, 0.6) is 0 Å². The largest absolute Gasteiger partial charge is 0.481 e. The SMILES string of the molecule is O=C(O)CCC(=O)Nc1ccc(C2OC(CN3CCN(c4ncccn4)CC3)CC(c3ccc(CO)cc3)O2)cc1. The van der Waals surface area contributed by atoms with E-state index in [-0.39, 0.29) is 37.6 Å². The van der Waals surface area contributed by atoms with Crippen molar-refractivity contribution >= 4 is 23.5 Å². The molecule has 11 heteroatoms. The van der Waals surface area contributed by atoms with Gasteiger partial charge in [-0.1, -0.05) is 36.4 Å². The number of benzene rings is 2. The number of aliphatic carboxylic acids is 1. The zero-order valence-corrected chi connectivity index (χ0v) is 22.8. The van der Waals surface area contributed by atoms with Crippen LogP contribution in [0.2, 0.25) is 0 Å². The second-order valence-corrected chi connectivity index (χ2v) is 10.3. The lowest BCUT2D eigenvalue weighted by Gasteiger charge is -2.40. The molecule has 0 aliphatic carbocycles. The summed E-state index contributed by atoms with van der Waals surface area (Å²) in [5, 5.41) is 21.0. The number of anilines is 2. The number of hydrogen-bond acceptors (Lipinski definition) is 9. The Balaban J connectivity index is 1.25. The number of carboxylic acid groups (broad SMARTS) is 1. The van der Waals surface area contributed by atoms with Gasteiger partial charge in [-0.05, 0) is 29.3 Å². The molecule has 2 fully saturated rings. The van der Waals surface area contributed by atoms with Crippen molar-refractivity contribution in [3.63, 3.8) is 0 Å². The Bertz CT molecular complexity index is 1280. The van der Waals surface area contributed by atoms with Crippen LogP contribution in [0.3, 0.4) is 0 Å². The molecule has 3 atom stereocenters. The highest BCUT2D eigenvalue weighted by atomic mass is 16.7. The zero-order valence-electron chi connectivity index (χ0n) is 22.8. The Labute approximate surface area is 238 Å². The molecule has 3 unspecified atom stereocenters. The van der Waals surface area contributed by atoms with Gasteiger partial charge < -0.3 is 29.9 Å². The first-order chi connectivity index (χ1) is 20.0. The van der Waals surface area contributed by atoms with Gasteiger partial charge >= 0.3 is 5.97 Å². The maximum atomic E-state index is 12.0. The van der Waals surface area contributed by atoms with Crippen molar-refractivity contribution in [2.24, 2.45) is 0 Å². The second-order valence-electron chi connectivity index (χ2n) is 10.3. The van der Waals surface area contributed by atoms with Gasteiger partial charge in [0.1, 0.15) is 0 Å². The molecule has 2 aliphatic heterocycles. The highest BCUT2D eigenvalue weighted by molar-refractivity contribution is 5.92. The van der Waals surface area contributed by atoms with E-state index in [9.17, 15) is 14.7 Å². The summed E-state index contributed by atoms with van der Waals surface area (Å²) >= 11 is 0. The van der Waals surface area contributed by atoms with Gasteiger partial charge in [0.25, 0.3) is 0 Å². The number of piperazine rings is 1. The van der Waals surface area contributed by atoms with E-state index in [1.807, 2.05) is 42.5 Å². The quantitative estimate of drug-likeness (QED) is 0.339. The van der Waals surface area contributed by atoms with Crippen LogP contribution in [-0.4, -0.2) is 75.8 Å². The number of hydrogen-bond donors (Lipinski definition) is 3. The summed E-state index contributed by atoms with van der Waals surface area (Å²) in [5.74, 6) is -0.609. The fourth-order valence-electron chi connectivity index (χ4n) is 5.07. The minimum absolute atomic E-state index is 0.0145. The van der Waals surface area contributed by atoms with Gasteiger partial charge in [0.05, 0.1) is 25.2 Å². The minimum atomic E-state index is -1.01. The first kappa shape index (κ1) is 28.6. The fraction of sp³-hybridized carbons (Fsp3) is 0.400. The van der Waals surface area contributed by atoms with Gasteiger partial charge in [0, 0.05) is 69.2 Å². The molecule has 0 bridgehead atoms. The summed E-state index contributed by atoms with van der Waals surface area (Å²) in [6.45, 7) is 4.15. The molecule has 3 N–H and O–H groups in total. The van der Waals surface area contributed by atoms with E-state index in [1.165, 1.54) is 0 Å². The molecule has 3 heterocycles. The van der Waals surface area contributed by atoms with Crippen molar-refractivity contribution in [1.29, 1.82) is 0 Å². The number of amides is 1. The number of aliphatic hydroxyl groups excluding tert-OH is 1. The molecule has 0 spiro atoms. The van der Waals surface area contributed by atoms with Crippen molar-refractivity contribution < 1.29 is 29.3 Å². The van der Waals surface area contributed by atoms with Crippen molar-refractivity contribution in [3.05, 3.63) is 83.7 Å². The summed E-state index contributed by atoms with van der Waals surface area (Å²) < 4.78 is 12.9. The van der Waals surface area contributed by atoms with Gasteiger partial charge in [-0.3, -0.25) is 14.5 Å². The molecular formula is C30H35N5O6. The summed E-state index contributed by atoms with van der Waals surface area (Å²) in [6, 6.07) is 16.8. The van der Waals surface area contributed by atoms with Crippen molar-refractivity contribution in [2.75, 3.05) is 42.9 Å². The number of ether oxygens (including phenoxy) is 2. The van der Waals surface area contributed by atoms with E-state index < -0.39 is 12.3 Å². The number of nitrogens with zero attached hydrogens (tertiary/aromatic N) is 4. The first-order valence-electron chi connectivity index (χ1n) is 13.8. The van der Waals surface area contributed by atoms with Crippen LogP contribution in [0.4, 0.5) is 11.6 Å². The normalized spacial score (nSPS) is 21.4. The predicted molar refractivity (Wildman–Crippen MR) is 151 cm³/mol. The van der Waals surface area contributed by atoms with E-state index in [1.54, 1.807) is 24.5 Å². The molecule has 41 heavy (non-hydrogen) atoms. The highest BCUT2D eigenvalue weighted by Crippen LogP contribution is 2.38. The molecule has 1 aromatic heterocycles. The van der Waals surface area contributed by atoms with Crippen molar-refractivity contribution in [2.45, 2.75) is 44.4 Å². The standard InChI is InChI=1S/C30H35N5O6/c36-20-21-2-4-22(5-3-21)26-18-25(19-34-14-16-35(17-15-34)30-31-12-1-13-32-30)40-29(41-26)23-6-8-24(9-7-23)33-27(37)10-11-28(38)39/h1-9,12-13,25-26,29,36H,10-11,14-20H2,(H,33,37)(H,38,39). The number of rotatable bonds is 10. The maximum Gasteiger partial charge on any atom is 0.303 e. The molecule has 5 rings (SSSR count). The summed E-state index contributed by atoms with van der Waals surface area (Å²) in [4.78, 5) is 36.1. The molecule has 2 saturated heterocycles. The van der Waals surface area contributed by atoms with Crippen molar-refractivity contribution in [1.82, 2.24) is 14.9 Å². The molecule has 216 valence electrons. The third-order valence-corrected chi connectivity index (χ3v) is 7.32. The Hall–Kier alpha value is -3.90. The van der Waals surface area contributed by atoms with Crippen LogP contribution in [-0.2, 0) is 25.7 Å². The van der Waals surface area contributed by atoms with Gasteiger partial charge in [-0.25, -0.2) is 9.97 Å². The molecule has 1 amide bonds. The molecule has 2 aromatic carbocycles. The van der Waals surface area contributed by atoms with E-state index in [0.717, 1.165) is 55.4 Å². The lowest BCUT2D eigenvalue weighted by Crippen LogP contribution is -2.50. The number of carboxylic acids is 1. The highest BCUT2D eigenvalue weighted by Gasteiger charge is 2.34. The van der Waals surface area contributed by atoms with Gasteiger partial charge in [-0.15, -0.1) is 0 Å². The molecule has 0 saturated carbocycles. The third-order valence-electron chi connectivity index (χ3n) is 7.32. The van der Waals surface area contributed by atoms with Gasteiger partial charge in [-0.2, -0.15) is 0 Å². The average Bonchev–Trinajstić information content (AvgIpc) is 3.01.